The van der Waals surface area contributed by atoms with E-state index < -0.39 is 6.23 Å². The molecule has 1 aromatic heterocycles. The molecule has 0 aliphatic rings. The van der Waals surface area contributed by atoms with E-state index in [1.807, 2.05) is 48.7 Å². The van der Waals surface area contributed by atoms with E-state index in [1.165, 1.54) is 0 Å². The monoisotopic (exact) mass is 462 g/mol. The van der Waals surface area contributed by atoms with Gasteiger partial charge in [0, 0.05) is 49.1 Å². The van der Waals surface area contributed by atoms with E-state index in [9.17, 15) is 9.90 Å². The molecule has 0 aliphatic carbocycles. The standard InChI is InChI=1S/C27H34N4O3/c32-26(31-34)10-6-1-2-7-17-28-24-14-11-22(12-15-24)23-13-16-25(29-20-23)18-27(33)30-19-21-8-4-3-5-9-21/h3-5,8-9,11-16,20,27-28,30,33-34H,1-2,6-7,10,17-19H2,(H,31,32). The quantitative estimate of drug-likeness (QED) is 0.106. The molecule has 1 unspecified atom stereocenters. The lowest BCUT2D eigenvalue weighted by Gasteiger charge is -2.13. The molecule has 34 heavy (non-hydrogen) atoms. The largest absolute Gasteiger partial charge is 0.385 e. The molecule has 1 atom stereocenters. The predicted octanol–water partition coefficient (Wildman–Crippen LogP) is 4.27. The van der Waals surface area contributed by atoms with Crippen molar-refractivity contribution in [1.29, 1.82) is 0 Å². The fraction of sp³-hybridized carbons (Fsp3) is 0.333. The SMILES string of the molecule is O=C(CCCCCCNc1ccc(-c2ccc(CC(O)NCc3ccccc3)nc2)cc1)NO. The van der Waals surface area contributed by atoms with Crippen molar-refractivity contribution in [2.24, 2.45) is 0 Å². The number of hydrogen-bond acceptors (Lipinski definition) is 6. The van der Waals surface area contributed by atoms with Crippen molar-refractivity contribution in [3.8, 4) is 11.1 Å². The summed E-state index contributed by atoms with van der Waals surface area (Å²) in [6.07, 6.45) is 5.84. The van der Waals surface area contributed by atoms with Gasteiger partial charge in [-0.1, -0.05) is 61.4 Å². The van der Waals surface area contributed by atoms with Gasteiger partial charge in [0.15, 0.2) is 0 Å². The predicted molar refractivity (Wildman–Crippen MR) is 134 cm³/mol. The van der Waals surface area contributed by atoms with Crippen LogP contribution in [0.2, 0.25) is 0 Å². The minimum atomic E-state index is -0.649. The molecule has 0 fully saturated rings. The summed E-state index contributed by atoms with van der Waals surface area (Å²) in [6.45, 7) is 1.49. The number of carbonyl (C=O) groups is 1. The van der Waals surface area contributed by atoms with E-state index in [2.05, 4.69) is 39.9 Å². The Bertz CT molecular complexity index is 979. The number of hydroxylamine groups is 1. The number of aromatic nitrogens is 1. The lowest BCUT2D eigenvalue weighted by molar-refractivity contribution is -0.129. The number of benzene rings is 2. The minimum absolute atomic E-state index is 0.323. The molecule has 3 rings (SSSR count). The van der Waals surface area contributed by atoms with Crippen LogP contribution in [-0.4, -0.2) is 34.0 Å². The zero-order valence-electron chi connectivity index (χ0n) is 19.4. The Labute approximate surface area is 201 Å². The highest BCUT2D eigenvalue weighted by molar-refractivity contribution is 5.74. The molecular formula is C27H34N4O3. The lowest BCUT2D eigenvalue weighted by Crippen LogP contribution is -2.30. The van der Waals surface area contributed by atoms with Crippen LogP contribution < -0.4 is 16.1 Å². The summed E-state index contributed by atoms with van der Waals surface area (Å²) in [5, 5.41) is 25.3. The first-order chi connectivity index (χ1) is 16.6. The third kappa shape index (κ3) is 8.94. The molecule has 0 radical (unpaired) electrons. The lowest BCUT2D eigenvalue weighted by atomic mass is 10.1. The molecule has 2 aromatic carbocycles. The number of nitrogens with one attached hydrogen (secondary N) is 3. The molecule has 0 aliphatic heterocycles. The second kappa shape index (κ2) is 14.1. The van der Waals surface area contributed by atoms with Crippen molar-refractivity contribution in [2.45, 2.75) is 51.3 Å². The average Bonchev–Trinajstić information content (AvgIpc) is 2.88. The van der Waals surface area contributed by atoms with Crippen LogP contribution in [0.1, 0.15) is 43.4 Å². The highest BCUT2D eigenvalue weighted by Gasteiger charge is 2.07. The van der Waals surface area contributed by atoms with Gasteiger partial charge in [0.2, 0.25) is 5.91 Å². The summed E-state index contributed by atoms with van der Waals surface area (Å²) in [6, 6.07) is 22.3. The Morgan fingerprint density at radius 3 is 2.32 bits per heavy atom. The van der Waals surface area contributed by atoms with Gasteiger partial charge in [-0.05, 0) is 42.2 Å². The summed E-state index contributed by atoms with van der Waals surface area (Å²) < 4.78 is 0. The molecule has 7 nitrogen and oxygen atoms in total. The first-order valence-electron chi connectivity index (χ1n) is 11.8. The first kappa shape index (κ1) is 25.4. The van der Waals surface area contributed by atoms with E-state index >= 15 is 0 Å². The van der Waals surface area contributed by atoms with Crippen LogP contribution in [0.5, 0.6) is 0 Å². The molecule has 1 heterocycles. The van der Waals surface area contributed by atoms with Gasteiger partial charge in [0.25, 0.3) is 0 Å². The normalized spacial score (nSPS) is 11.7. The molecule has 5 N–H and O–H groups in total. The van der Waals surface area contributed by atoms with Gasteiger partial charge >= 0.3 is 0 Å². The second-order valence-corrected chi connectivity index (χ2v) is 8.33. The highest BCUT2D eigenvalue weighted by Crippen LogP contribution is 2.21. The third-order valence-electron chi connectivity index (χ3n) is 5.61. The first-order valence-corrected chi connectivity index (χ1v) is 11.8. The van der Waals surface area contributed by atoms with Gasteiger partial charge in [-0.2, -0.15) is 0 Å². The number of aliphatic hydroxyl groups excluding tert-OH is 1. The van der Waals surface area contributed by atoms with Crippen molar-refractivity contribution in [2.75, 3.05) is 11.9 Å². The van der Waals surface area contributed by atoms with E-state index in [1.54, 1.807) is 5.48 Å². The van der Waals surface area contributed by atoms with Gasteiger partial charge in [-0.25, -0.2) is 5.48 Å². The zero-order valence-corrected chi connectivity index (χ0v) is 19.4. The number of pyridine rings is 1. The third-order valence-corrected chi connectivity index (χ3v) is 5.61. The maximum Gasteiger partial charge on any atom is 0.243 e. The maximum atomic E-state index is 11.0. The van der Waals surface area contributed by atoms with Gasteiger partial charge in [-0.15, -0.1) is 0 Å². The zero-order chi connectivity index (χ0) is 24.0. The van der Waals surface area contributed by atoms with E-state index in [-0.39, 0.29) is 5.91 Å². The van der Waals surface area contributed by atoms with Crippen LogP contribution in [0.15, 0.2) is 72.9 Å². The Balaban J connectivity index is 1.37. The number of unbranched alkanes of at least 4 members (excludes halogenated alkanes) is 3. The number of carbonyl (C=O) groups excluding carboxylic acids is 1. The van der Waals surface area contributed by atoms with Gasteiger partial charge in [-0.3, -0.25) is 20.3 Å². The van der Waals surface area contributed by atoms with Gasteiger partial charge < -0.3 is 10.4 Å². The average molecular weight is 463 g/mol. The van der Waals surface area contributed by atoms with Crippen LogP contribution in [0.4, 0.5) is 5.69 Å². The molecule has 0 spiro atoms. The second-order valence-electron chi connectivity index (χ2n) is 8.33. The Morgan fingerprint density at radius 2 is 1.62 bits per heavy atom. The molecule has 3 aromatic rings. The summed E-state index contributed by atoms with van der Waals surface area (Å²) in [4.78, 5) is 15.5. The van der Waals surface area contributed by atoms with Crippen molar-refractivity contribution in [3.63, 3.8) is 0 Å². The van der Waals surface area contributed by atoms with Gasteiger partial charge in [0.05, 0.1) is 0 Å². The van der Waals surface area contributed by atoms with E-state index in [0.29, 0.717) is 19.4 Å². The summed E-state index contributed by atoms with van der Waals surface area (Å²) in [5.41, 5.74) is 6.83. The van der Waals surface area contributed by atoms with Crippen molar-refractivity contribution < 1.29 is 15.1 Å². The van der Waals surface area contributed by atoms with E-state index in [4.69, 9.17) is 5.21 Å². The van der Waals surface area contributed by atoms with Crippen LogP contribution in [0.3, 0.4) is 0 Å². The molecule has 7 heteroatoms. The van der Waals surface area contributed by atoms with Crippen LogP contribution >= 0.6 is 0 Å². The molecule has 180 valence electrons. The van der Waals surface area contributed by atoms with Crippen molar-refractivity contribution in [1.82, 2.24) is 15.8 Å². The smallest absolute Gasteiger partial charge is 0.243 e. The van der Waals surface area contributed by atoms with E-state index in [0.717, 1.165) is 60.3 Å². The Kier molecular flexibility index (Phi) is 10.5. The minimum Gasteiger partial charge on any atom is -0.385 e. The number of rotatable bonds is 14. The summed E-state index contributed by atoms with van der Waals surface area (Å²) in [5.74, 6) is -0.323. The Hall–Kier alpha value is -3.26. The van der Waals surface area contributed by atoms with Crippen molar-refractivity contribution in [3.05, 3.63) is 84.2 Å². The van der Waals surface area contributed by atoms with Crippen LogP contribution in [0, 0.1) is 0 Å². The molecule has 0 bridgehead atoms. The maximum absolute atomic E-state index is 11.0. The number of amides is 1. The van der Waals surface area contributed by atoms with Gasteiger partial charge in [0.1, 0.15) is 6.23 Å². The number of hydrogen-bond donors (Lipinski definition) is 5. The molecular weight excluding hydrogens is 428 g/mol. The van der Waals surface area contributed by atoms with Crippen LogP contribution in [0.25, 0.3) is 11.1 Å². The molecule has 0 saturated heterocycles. The Morgan fingerprint density at radius 1 is 0.882 bits per heavy atom. The topological polar surface area (TPSA) is 107 Å². The van der Waals surface area contributed by atoms with Crippen LogP contribution in [-0.2, 0) is 17.8 Å². The summed E-state index contributed by atoms with van der Waals surface area (Å²) >= 11 is 0. The molecule has 1 amide bonds. The molecule has 0 saturated carbocycles. The fourth-order valence-electron chi connectivity index (χ4n) is 3.65. The summed E-state index contributed by atoms with van der Waals surface area (Å²) in [7, 11) is 0. The highest BCUT2D eigenvalue weighted by atomic mass is 16.5. The fourth-order valence-corrected chi connectivity index (χ4v) is 3.65. The number of nitrogens with zero attached hydrogens (tertiary/aromatic N) is 1. The van der Waals surface area contributed by atoms with Crippen molar-refractivity contribution >= 4 is 11.6 Å². The number of anilines is 1. The number of aliphatic hydroxyl groups is 1.